The van der Waals surface area contributed by atoms with E-state index >= 15 is 0 Å². The Hall–Kier alpha value is -2.73. The summed E-state index contributed by atoms with van der Waals surface area (Å²) in [5.41, 5.74) is 9.07. The molecule has 6 nitrogen and oxygen atoms in total. The fourth-order valence-corrected chi connectivity index (χ4v) is 5.71. The molecule has 2 fully saturated rings. The lowest BCUT2D eigenvalue weighted by molar-refractivity contribution is -0.138. The molecule has 1 aliphatic carbocycles. The Bertz CT molecular complexity index is 989. The number of benzene rings is 1. The number of nitrogens with zero attached hydrogens (tertiary/aromatic N) is 3. The molecule has 2 aliphatic heterocycles. The summed E-state index contributed by atoms with van der Waals surface area (Å²) in [5, 5.41) is 0. The number of likely N-dealkylation sites (tertiary alicyclic amines) is 2. The number of ketones is 1. The first-order chi connectivity index (χ1) is 15.1. The van der Waals surface area contributed by atoms with Gasteiger partial charge in [-0.3, -0.25) is 14.5 Å². The summed E-state index contributed by atoms with van der Waals surface area (Å²) >= 11 is 0. The highest BCUT2D eigenvalue weighted by Gasteiger charge is 2.46. The summed E-state index contributed by atoms with van der Waals surface area (Å²) in [7, 11) is 0. The van der Waals surface area contributed by atoms with Crippen LogP contribution < -0.4 is 5.73 Å². The van der Waals surface area contributed by atoms with E-state index in [-0.39, 0.29) is 17.1 Å². The van der Waals surface area contributed by atoms with Gasteiger partial charge in [-0.2, -0.15) is 0 Å². The molecule has 1 amide bonds. The zero-order valence-corrected chi connectivity index (χ0v) is 17.9. The van der Waals surface area contributed by atoms with E-state index in [1.165, 1.54) is 5.56 Å². The van der Waals surface area contributed by atoms with E-state index in [0.29, 0.717) is 18.1 Å². The number of aromatic nitrogens is 1. The van der Waals surface area contributed by atoms with E-state index in [4.69, 9.17) is 5.73 Å². The molecular formula is C25H30N4O2. The number of hydrogen-bond donors (Lipinski definition) is 1. The standard InChI is InChI=1S/C25H30N4O2/c26-23-19(4-3-11-27-23)17-28-12-7-18(8-13-28)24(31)29-14-9-25(10-15-29)16-22(30)20-5-1-2-6-21(20)25/h1-6,11,18H,7-10,12-17H2,(H2,26,27). The van der Waals surface area contributed by atoms with Crippen molar-refractivity contribution in [2.45, 2.75) is 44.1 Å². The Kier molecular flexibility index (Phi) is 5.26. The number of anilines is 1. The van der Waals surface area contributed by atoms with E-state index in [1.807, 2.05) is 30.3 Å². The maximum absolute atomic E-state index is 13.2. The summed E-state index contributed by atoms with van der Waals surface area (Å²) in [6.07, 6.45) is 5.88. The van der Waals surface area contributed by atoms with Gasteiger partial charge in [0.05, 0.1) is 0 Å². The smallest absolute Gasteiger partial charge is 0.225 e. The molecular weight excluding hydrogens is 388 g/mol. The molecule has 31 heavy (non-hydrogen) atoms. The molecule has 6 heteroatoms. The van der Waals surface area contributed by atoms with E-state index in [2.05, 4.69) is 20.9 Å². The molecule has 2 aromatic rings. The van der Waals surface area contributed by atoms with Crippen LogP contribution in [-0.4, -0.2) is 52.7 Å². The van der Waals surface area contributed by atoms with Gasteiger partial charge in [-0.15, -0.1) is 0 Å². The first-order valence-corrected chi connectivity index (χ1v) is 11.4. The van der Waals surface area contributed by atoms with E-state index in [9.17, 15) is 9.59 Å². The molecule has 1 aromatic carbocycles. The first-order valence-electron chi connectivity index (χ1n) is 11.4. The van der Waals surface area contributed by atoms with Gasteiger partial charge >= 0.3 is 0 Å². The largest absolute Gasteiger partial charge is 0.383 e. The van der Waals surface area contributed by atoms with Crippen LogP contribution in [0.4, 0.5) is 5.82 Å². The summed E-state index contributed by atoms with van der Waals surface area (Å²) in [6, 6.07) is 12.0. The van der Waals surface area contributed by atoms with Crippen LogP contribution in [0.5, 0.6) is 0 Å². The molecule has 0 unspecified atom stereocenters. The van der Waals surface area contributed by atoms with Crippen molar-refractivity contribution < 1.29 is 9.59 Å². The Morgan fingerprint density at radius 3 is 2.55 bits per heavy atom. The quantitative estimate of drug-likeness (QED) is 0.829. The number of nitrogens with two attached hydrogens (primary N) is 1. The minimum atomic E-state index is -0.0581. The van der Waals surface area contributed by atoms with Gasteiger partial charge < -0.3 is 10.6 Å². The van der Waals surface area contributed by atoms with Crippen molar-refractivity contribution in [3.8, 4) is 0 Å². The molecule has 0 saturated carbocycles. The maximum atomic E-state index is 13.2. The fraction of sp³-hybridized carbons (Fsp3) is 0.480. The lowest BCUT2D eigenvalue weighted by Gasteiger charge is -2.41. The molecule has 2 N–H and O–H groups in total. The first kappa shape index (κ1) is 20.2. The second-order valence-electron chi connectivity index (χ2n) is 9.35. The number of rotatable bonds is 3. The highest BCUT2D eigenvalue weighted by molar-refractivity contribution is 6.02. The average molecular weight is 419 g/mol. The van der Waals surface area contributed by atoms with Gasteiger partial charge in [0.15, 0.2) is 5.78 Å². The number of piperidine rings is 2. The Morgan fingerprint density at radius 2 is 1.81 bits per heavy atom. The van der Waals surface area contributed by atoms with E-state index < -0.39 is 0 Å². The normalized spacial score (nSPS) is 21.4. The number of pyridine rings is 1. The zero-order valence-electron chi connectivity index (χ0n) is 17.9. The second kappa shape index (κ2) is 8.08. The van der Waals surface area contributed by atoms with Gasteiger partial charge in [-0.25, -0.2) is 4.98 Å². The molecule has 162 valence electrons. The fourth-order valence-electron chi connectivity index (χ4n) is 5.71. The monoisotopic (exact) mass is 418 g/mol. The van der Waals surface area contributed by atoms with Gasteiger partial charge in [0.25, 0.3) is 0 Å². The van der Waals surface area contributed by atoms with E-state index in [1.54, 1.807) is 6.20 Å². The third kappa shape index (κ3) is 3.74. The molecule has 0 radical (unpaired) electrons. The number of amides is 1. The highest BCUT2D eigenvalue weighted by Crippen LogP contribution is 2.46. The molecule has 3 aliphatic rings. The number of fused-ring (bicyclic) bond motifs is 2. The second-order valence-corrected chi connectivity index (χ2v) is 9.35. The molecule has 1 spiro atoms. The van der Waals surface area contributed by atoms with E-state index in [0.717, 1.165) is 69.5 Å². The predicted octanol–water partition coefficient (Wildman–Crippen LogP) is 3.02. The van der Waals surface area contributed by atoms with Crippen LogP contribution in [0.2, 0.25) is 0 Å². The molecule has 1 aromatic heterocycles. The van der Waals surface area contributed by atoms with Crippen LogP contribution in [-0.2, 0) is 16.8 Å². The van der Waals surface area contributed by atoms with Crippen molar-refractivity contribution in [1.29, 1.82) is 0 Å². The van der Waals surface area contributed by atoms with Crippen LogP contribution in [0.1, 0.15) is 53.6 Å². The minimum Gasteiger partial charge on any atom is -0.383 e. The van der Waals surface area contributed by atoms with Crippen molar-refractivity contribution in [2.75, 3.05) is 31.9 Å². The summed E-state index contributed by atoms with van der Waals surface area (Å²) < 4.78 is 0. The third-order valence-electron chi connectivity index (χ3n) is 7.59. The molecule has 2 saturated heterocycles. The number of hydrogen-bond acceptors (Lipinski definition) is 5. The van der Waals surface area contributed by atoms with Gasteiger partial charge in [-0.1, -0.05) is 30.3 Å². The number of Topliss-reactive ketones (excluding diaryl/α,β-unsaturated/α-hetero) is 1. The van der Waals surface area contributed by atoms with Crippen LogP contribution >= 0.6 is 0 Å². The van der Waals surface area contributed by atoms with Crippen LogP contribution in [0.25, 0.3) is 0 Å². The zero-order chi connectivity index (χ0) is 21.4. The Morgan fingerprint density at radius 1 is 1.06 bits per heavy atom. The maximum Gasteiger partial charge on any atom is 0.225 e. The van der Waals surface area contributed by atoms with Crippen molar-refractivity contribution in [3.63, 3.8) is 0 Å². The minimum absolute atomic E-state index is 0.0581. The van der Waals surface area contributed by atoms with Crippen molar-refractivity contribution in [1.82, 2.24) is 14.8 Å². The van der Waals surface area contributed by atoms with Gasteiger partial charge in [0.2, 0.25) is 5.91 Å². The lowest BCUT2D eigenvalue weighted by Crippen LogP contribution is -2.48. The SMILES string of the molecule is Nc1ncccc1CN1CCC(C(=O)N2CCC3(CC2)CC(=O)c2ccccc23)CC1. The summed E-state index contributed by atoms with van der Waals surface area (Å²) in [4.78, 5) is 34.3. The number of nitrogen functional groups attached to an aromatic ring is 1. The van der Waals surface area contributed by atoms with Crippen LogP contribution in [0, 0.1) is 5.92 Å². The third-order valence-corrected chi connectivity index (χ3v) is 7.59. The van der Waals surface area contributed by atoms with Crippen LogP contribution in [0.15, 0.2) is 42.6 Å². The number of carbonyl (C=O) groups excluding carboxylic acids is 2. The van der Waals surface area contributed by atoms with Crippen molar-refractivity contribution in [3.05, 3.63) is 59.3 Å². The van der Waals surface area contributed by atoms with Gasteiger partial charge in [0.1, 0.15) is 5.82 Å². The topological polar surface area (TPSA) is 79.5 Å². The molecule has 5 rings (SSSR count). The summed E-state index contributed by atoms with van der Waals surface area (Å²) in [6.45, 7) is 4.12. The summed E-state index contributed by atoms with van der Waals surface area (Å²) in [5.74, 6) is 1.26. The van der Waals surface area contributed by atoms with Gasteiger partial charge in [-0.05, 0) is 50.4 Å². The average Bonchev–Trinajstić information content (AvgIpc) is 3.07. The predicted molar refractivity (Wildman–Crippen MR) is 120 cm³/mol. The van der Waals surface area contributed by atoms with Crippen molar-refractivity contribution in [2.24, 2.45) is 5.92 Å². The highest BCUT2D eigenvalue weighted by atomic mass is 16.2. The molecule has 0 atom stereocenters. The molecule has 0 bridgehead atoms. The van der Waals surface area contributed by atoms with Crippen molar-refractivity contribution >= 4 is 17.5 Å². The lowest BCUT2D eigenvalue weighted by atomic mass is 9.73. The Balaban J connectivity index is 1.16. The van der Waals surface area contributed by atoms with Crippen LogP contribution in [0.3, 0.4) is 0 Å². The Labute approximate surface area is 183 Å². The number of carbonyl (C=O) groups is 2. The van der Waals surface area contributed by atoms with Gasteiger partial charge in [0, 0.05) is 54.7 Å². The molecule has 3 heterocycles.